The van der Waals surface area contributed by atoms with E-state index in [-0.39, 0.29) is 4.90 Å². The predicted molar refractivity (Wildman–Crippen MR) is 101 cm³/mol. The summed E-state index contributed by atoms with van der Waals surface area (Å²) in [6.07, 6.45) is 3.36. The second-order valence-corrected chi connectivity index (χ2v) is 9.09. The monoisotopic (exact) mass is 391 g/mol. The van der Waals surface area contributed by atoms with Crippen LogP contribution in [-0.2, 0) is 16.6 Å². The Kier molecular flexibility index (Phi) is 5.16. The zero-order valence-electron chi connectivity index (χ0n) is 15.5. The Morgan fingerprint density at radius 1 is 1.07 bits per heavy atom. The summed E-state index contributed by atoms with van der Waals surface area (Å²) in [5, 5.41) is 4.05. The first-order chi connectivity index (χ1) is 13.0. The van der Waals surface area contributed by atoms with Gasteiger partial charge in [-0.25, -0.2) is 13.4 Å². The van der Waals surface area contributed by atoms with E-state index >= 15 is 0 Å². The third-order valence-electron chi connectivity index (χ3n) is 5.18. The van der Waals surface area contributed by atoms with Gasteiger partial charge in [0.15, 0.2) is 0 Å². The SMILES string of the molecule is Cc1cc(CN2CCN(c3ccc(S(=O)(=O)N4CCCC4)cn3)CC2)no1. The molecule has 4 rings (SSSR count). The van der Waals surface area contributed by atoms with Gasteiger partial charge in [-0.05, 0) is 31.9 Å². The van der Waals surface area contributed by atoms with Crippen molar-refractivity contribution >= 4 is 15.8 Å². The second kappa shape index (κ2) is 7.57. The number of hydrogen-bond donors (Lipinski definition) is 0. The van der Waals surface area contributed by atoms with Gasteiger partial charge in [-0.1, -0.05) is 5.16 Å². The maximum atomic E-state index is 12.6. The van der Waals surface area contributed by atoms with Gasteiger partial charge in [0, 0.05) is 58.1 Å². The number of anilines is 1. The molecule has 2 aromatic rings. The largest absolute Gasteiger partial charge is 0.361 e. The fourth-order valence-corrected chi connectivity index (χ4v) is 5.11. The molecule has 0 atom stereocenters. The highest BCUT2D eigenvalue weighted by Crippen LogP contribution is 2.22. The zero-order valence-corrected chi connectivity index (χ0v) is 16.4. The first-order valence-corrected chi connectivity index (χ1v) is 10.8. The van der Waals surface area contributed by atoms with E-state index in [0.717, 1.165) is 62.8 Å². The third-order valence-corrected chi connectivity index (χ3v) is 7.06. The van der Waals surface area contributed by atoms with Gasteiger partial charge in [-0.3, -0.25) is 4.90 Å². The molecule has 0 N–H and O–H groups in total. The Bertz CT molecular complexity index is 867. The molecule has 2 aromatic heterocycles. The number of aromatic nitrogens is 2. The predicted octanol–water partition coefficient (Wildman–Crippen LogP) is 1.48. The lowest BCUT2D eigenvalue weighted by Gasteiger charge is -2.35. The molecule has 0 radical (unpaired) electrons. The topological polar surface area (TPSA) is 82.8 Å². The number of hydrogen-bond acceptors (Lipinski definition) is 7. The van der Waals surface area contributed by atoms with Gasteiger partial charge < -0.3 is 9.42 Å². The Balaban J connectivity index is 1.36. The maximum Gasteiger partial charge on any atom is 0.244 e. The lowest BCUT2D eigenvalue weighted by atomic mass is 10.2. The van der Waals surface area contributed by atoms with Crippen molar-refractivity contribution in [2.24, 2.45) is 0 Å². The molecular weight excluding hydrogens is 366 g/mol. The Morgan fingerprint density at radius 2 is 1.81 bits per heavy atom. The van der Waals surface area contributed by atoms with Gasteiger partial charge in [0.05, 0.1) is 5.69 Å². The van der Waals surface area contributed by atoms with Gasteiger partial charge in [-0.15, -0.1) is 0 Å². The molecule has 0 spiro atoms. The molecule has 9 heteroatoms. The summed E-state index contributed by atoms with van der Waals surface area (Å²) in [5.74, 6) is 1.66. The van der Waals surface area contributed by atoms with Crippen LogP contribution in [0.3, 0.4) is 0 Å². The molecule has 4 heterocycles. The highest BCUT2D eigenvalue weighted by molar-refractivity contribution is 7.89. The fourth-order valence-electron chi connectivity index (χ4n) is 3.65. The van der Waals surface area contributed by atoms with Gasteiger partial charge >= 0.3 is 0 Å². The lowest BCUT2D eigenvalue weighted by molar-refractivity contribution is 0.241. The molecule has 146 valence electrons. The second-order valence-electron chi connectivity index (χ2n) is 7.16. The quantitative estimate of drug-likeness (QED) is 0.763. The van der Waals surface area contributed by atoms with Crippen LogP contribution in [0.15, 0.2) is 33.8 Å². The van der Waals surface area contributed by atoms with Crippen molar-refractivity contribution in [2.45, 2.75) is 31.2 Å². The van der Waals surface area contributed by atoms with Crippen molar-refractivity contribution < 1.29 is 12.9 Å². The van der Waals surface area contributed by atoms with E-state index in [4.69, 9.17) is 4.52 Å². The molecular formula is C18H25N5O3S. The van der Waals surface area contributed by atoms with Gasteiger partial charge in [0.1, 0.15) is 16.5 Å². The van der Waals surface area contributed by atoms with E-state index in [0.29, 0.717) is 13.1 Å². The van der Waals surface area contributed by atoms with Crippen molar-refractivity contribution in [1.29, 1.82) is 0 Å². The molecule has 2 aliphatic heterocycles. The van der Waals surface area contributed by atoms with E-state index in [9.17, 15) is 8.42 Å². The van der Waals surface area contributed by atoms with Crippen LogP contribution in [0.5, 0.6) is 0 Å². The fraction of sp³-hybridized carbons (Fsp3) is 0.556. The molecule has 2 saturated heterocycles. The molecule has 0 amide bonds. The van der Waals surface area contributed by atoms with Crippen LogP contribution in [0, 0.1) is 6.92 Å². The molecule has 2 aliphatic rings. The summed E-state index contributed by atoms with van der Waals surface area (Å²) < 4.78 is 31.9. The summed E-state index contributed by atoms with van der Waals surface area (Å²) in [6.45, 7) is 7.40. The number of aryl methyl sites for hydroxylation is 1. The number of nitrogens with zero attached hydrogens (tertiary/aromatic N) is 5. The summed E-state index contributed by atoms with van der Waals surface area (Å²) >= 11 is 0. The molecule has 0 unspecified atom stereocenters. The van der Waals surface area contributed by atoms with Crippen LogP contribution in [0.2, 0.25) is 0 Å². The number of pyridine rings is 1. The van der Waals surface area contributed by atoms with Crippen molar-refractivity contribution in [3.8, 4) is 0 Å². The summed E-state index contributed by atoms with van der Waals surface area (Å²) in [6, 6.07) is 5.47. The molecule has 0 aromatic carbocycles. The third kappa shape index (κ3) is 3.99. The first kappa shape index (κ1) is 18.4. The van der Waals surface area contributed by atoms with Crippen LogP contribution < -0.4 is 4.90 Å². The minimum Gasteiger partial charge on any atom is -0.361 e. The maximum absolute atomic E-state index is 12.6. The van der Waals surface area contributed by atoms with Crippen LogP contribution in [0.4, 0.5) is 5.82 Å². The molecule has 0 aliphatic carbocycles. The Hall–Kier alpha value is -1.97. The standard InChI is InChI=1S/C18H25N5O3S/c1-15-12-16(20-26-15)14-21-8-10-22(11-9-21)18-5-4-17(13-19-18)27(24,25)23-6-2-3-7-23/h4-5,12-13H,2-3,6-11,14H2,1H3. The molecule has 0 bridgehead atoms. The van der Waals surface area contributed by atoms with Crippen molar-refractivity contribution in [2.75, 3.05) is 44.2 Å². The van der Waals surface area contributed by atoms with E-state index in [1.54, 1.807) is 10.4 Å². The van der Waals surface area contributed by atoms with E-state index in [2.05, 4.69) is 19.9 Å². The average molecular weight is 391 g/mol. The summed E-state index contributed by atoms with van der Waals surface area (Å²) in [7, 11) is -3.40. The van der Waals surface area contributed by atoms with Crippen LogP contribution in [-0.4, -0.2) is 67.0 Å². The van der Waals surface area contributed by atoms with E-state index in [1.807, 2.05) is 19.1 Å². The smallest absolute Gasteiger partial charge is 0.244 e. The normalized spacial score (nSPS) is 19.7. The van der Waals surface area contributed by atoms with Gasteiger partial charge in [0.2, 0.25) is 10.0 Å². The highest BCUT2D eigenvalue weighted by atomic mass is 32.2. The highest BCUT2D eigenvalue weighted by Gasteiger charge is 2.28. The molecule has 2 fully saturated rings. The number of rotatable bonds is 5. The molecule has 27 heavy (non-hydrogen) atoms. The summed E-state index contributed by atoms with van der Waals surface area (Å²) in [5.41, 5.74) is 0.954. The van der Waals surface area contributed by atoms with Crippen molar-refractivity contribution in [1.82, 2.24) is 19.3 Å². The van der Waals surface area contributed by atoms with E-state index < -0.39 is 10.0 Å². The lowest BCUT2D eigenvalue weighted by Crippen LogP contribution is -2.46. The van der Waals surface area contributed by atoms with Gasteiger partial charge in [-0.2, -0.15) is 4.31 Å². The summed E-state index contributed by atoms with van der Waals surface area (Å²) in [4.78, 5) is 9.24. The van der Waals surface area contributed by atoms with E-state index in [1.165, 1.54) is 6.20 Å². The average Bonchev–Trinajstić information content (AvgIpc) is 3.35. The first-order valence-electron chi connectivity index (χ1n) is 9.38. The number of piperazine rings is 1. The van der Waals surface area contributed by atoms with Crippen molar-refractivity contribution in [3.05, 3.63) is 35.9 Å². The molecule has 8 nitrogen and oxygen atoms in total. The van der Waals surface area contributed by atoms with Crippen LogP contribution in [0.25, 0.3) is 0 Å². The van der Waals surface area contributed by atoms with Crippen molar-refractivity contribution in [3.63, 3.8) is 0 Å². The zero-order chi connectivity index (χ0) is 18.9. The number of sulfonamides is 1. The minimum absolute atomic E-state index is 0.285. The molecule has 0 saturated carbocycles. The van der Waals surface area contributed by atoms with Gasteiger partial charge in [0.25, 0.3) is 0 Å². The Morgan fingerprint density at radius 3 is 2.41 bits per heavy atom. The van der Waals surface area contributed by atoms with Crippen LogP contribution in [0.1, 0.15) is 24.3 Å². The Labute approximate surface area is 159 Å². The minimum atomic E-state index is -3.40. The van der Waals surface area contributed by atoms with Crippen LogP contribution >= 0.6 is 0 Å².